The third-order valence-corrected chi connectivity index (χ3v) is 8.38. The van der Waals surface area contributed by atoms with E-state index in [1.165, 1.54) is 14.6 Å². The highest BCUT2D eigenvalue weighted by Crippen LogP contribution is 2.30. The fraction of sp³-hybridized carbons (Fsp3) is 0.375. The quantitative estimate of drug-likeness (QED) is 0.289. The average Bonchev–Trinajstić information content (AvgIpc) is 3.63. The number of hydrogen-bond acceptors (Lipinski definition) is 7. The van der Waals surface area contributed by atoms with Crippen molar-refractivity contribution in [2.24, 2.45) is 5.73 Å². The highest BCUT2D eigenvalue weighted by atomic mass is 19.1. The van der Waals surface area contributed by atoms with E-state index in [1.807, 2.05) is 36.4 Å². The van der Waals surface area contributed by atoms with Gasteiger partial charge in [-0.2, -0.15) is 15.3 Å². The van der Waals surface area contributed by atoms with Gasteiger partial charge in [-0.15, -0.1) is 0 Å². The van der Waals surface area contributed by atoms with Crippen LogP contribution in [0.1, 0.15) is 54.6 Å². The van der Waals surface area contributed by atoms with E-state index >= 15 is 0 Å². The van der Waals surface area contributed by atoms with Crippen molar-refractivity contribution < 1.29 is 23.6 Å². The average molecular weight is 600 g/mol. The normalized spacial score (nSPS) is 18.9. The van der Waals surface area contributed by atoms with E-state index in [-0.39, 0.29) is 37.9 Å². The number of likely N-dealkylation sites (tertiary alicyclic amines) is 1. The molecular weight excluding hydrogens is 565 g/mol. The van der Waals surface area contributed by atoms with E-state index in [4.69, 9.17) is 10.6 Å². The van der Waals surface area contributed by atoms with Gasteiger partial charge in [-0.3, -0.25) is 23.9 Å². The summed E-state index contributed by atoms with van der Waals surface area (Å²) in [5, 5.41) is 13.9. The molecule has 12 heteroatoms. The number of primary amides is 1. The van der Waals surface area contributed by atoms with Crippen molar-refractivity contribution in [3.05, 3.63) is 78.2 Å². The van der Waals surface area contributed by atoms with Crippen molar-refractivity contribution >= 4 is 28.6 Å². The summed E-state index contributed by atoms with van der Waals surface area (Å²) >= 11 is 0. The summed E-state index contributed by atoms with van der Waals surface area (Å²) in [5.41, 5.74) is 8.61. The van der Waals surface area contributed by atoms with Gasteiger partial charge in [-0.25, -0.2) is 9.45 Å². The molecule has 6 rings (SSSR count). The number of aromatic nitrogens is 4. The molecule has 2 fully saturated rings. The van der Waals surface area contributed by atoms with Gasteiger partial charge in [-0.1, -0.05) is 55.7 Å². The summed E-state index contributed by atoms with van der Waals surface area (Å²) in [5.74, 6) is -1.65. The topological polar surface area (TPSA) is 137 Å². The minimum Gasteiger partial charge on any atom is -0.364 e. The Kier molecular flexibility index (Phi) is 8.60. The Balaban J connectivity index is 1.25. The van der Waals surface area contributed by atoms with Crippen LogP contribution in [-0.4, -0.2) is 72.5 Å². The lowest BCUT2D eigenvalue weighted by atomic mass is 9.95. The van der Waals surface area contributed by atoms with E-state index in [2.05, 4.69) is 15.3 Å². The lowest BCUT2D eigenvalue weighted by Crippen LogP contribution is -2.52. The maximum Gasteiger partial charge on any atom is 0.269 e. The molecule has 4 aromatic rings. The van der Waals surface area contributed by atoms with Crippen LogP contribution in [0.15, 0.2) is 67.0 Å². The third-order valence-electron chi connectivity index (χ3n) is 8.38. The molecule has 2 aromatic heterocycles. The molecule has 1 saturated carbocycles. The van der Waals surface area contributed by atoms with Crippen molar-refractivity contribution in [2.45, 2.75) is 69.9 Å². The largest absolute Gasteiger partial charge is 0.364 e. The molecule has 0 radical (unpaired) electrons. The second kappa shape index (κ2) is 12.9. The highest BCUT2D eigenvalue weighted by molar-refractivity contribution is 6.05. The number of halogens is 1. The van der Waals surface area contributed by atoms with E-state index in [1.54, 1.807) is 30.6 Å². The molecule has 11 nitrogen and oxygen atoms in total. The van der Waals surface area contributed by atoms with Gasteiger partial charge >= 0.3 is 0 Å². The molecule has 2 N–H and O–H groups in total. The Bertz CT molecular complexity index is 1640. The first-order valence-electron chi connectivity index (χ1n) is 14.9. The third kappa shape index (κ3) is 6.16. The summed E-state index contributed by atoms with van der Waals surface area (Å²) in [6.07, 6.45) is 6.28. The van der Waals surface area contributed by atoms with Crippen molar-refractivity contribution in [1.29, 1.82) is 0 Å². The van der Waals surface area contributed by atoms with Gasteiger partial charge in [0.1, 0.15) is 25.4 Å². The Morgan fingerprint density at radius 2 is 1.80 bits per heavy atom. The number of benzene rings is 2. The van der Waals surface area contributed by atoms with E-state index in [9.17, 15) is 18.8 Å². The standard InChI is InChI=1S/C32H34FN7O4/c33-24-16-28(32(43)40(25-9-5-2-6-10-25)44-20-21-7-3-1-4-8-21)38(18-24)29(41)19-39-27-12-11-22(23-13-14-35-36-17-23)15-26(27)30(37-39)31(34)42/h1,3-4,7-8,11-15,17,24-25,28H,2,5-6,9-10,16,18-20H2,(H2,34,42)/t24-,28+/m1/s1. The number of hydrogen-bond donors (Lipinski definition) is 1. The number of rotatable bonds is 9. The molecule has 0 bridgehead atoms. The molecule has 2 aromatic carbocycles. The number of amides is 3. The SMILES string of the molecule is NC(=O)c1nn(CC(=O)N2C[C@H](F)C[C@H]2C(=O)N(OCc2ccccc2)C2CCCCC2)c2ccc(-c3ccnnc3)cc12. The van der Waals surface area contributed by atoms with Gasteiger partial charge in [0.15, 0.2) is 5.69 Å². The predicted octanol–water partition coefficient (Wildman–Crippen LogP) is 3.82. The van der Waals surface area contributed by atoms with Crippen LogP contribution in [0.3, 0.4) is 0 Å². The zero-order chi connectivity index (χ0) is 30.6. The molecule has 3 amide bonds. The number of carbonyl (C=O) groups excluding carboxylic acids is 3. The molecule has 228 valence electrons. The van der Waals surface area contributed by atoms with Crippen LogP contribution in [0.25, 0.3) is 22.0 Å². The zero-order valence-corrected chi connectivity index (χ0v) is 24.2. The molecule has 1 aliphatic carbocycles. The van der Waals surface area contributed by atoms with Crippen molar-refractivity contribution in [3.63, 3.8) is 0 Å². The molecule has 1 aliphatic heterocycles. The molecule has 1 saturated heterocycles. The monoisotopic (exact) mass is 599 g/mol. The number of hydroxylamine groups is 2. The van der Waals surface area contributed by atoms with E-state index < -0.39 is 29.9 Å². The summed E-state index contributed by atoms with van der Waals surface area (Å²) in [6, 6.07) is 15.5. The van der Waals surface area contributed by atoms with Gasteiger partial charge in [-0.05, 0) is 42.2 Å². The van der Waals surface area contributed by atoms with Crippen LogP contribution in [-0.2, 0) is 27.6 Å². The number of nitrogens with zero attached hydrogens (tertiary/aromatic N) is 6. The van der Waals surface area contributed by atoms with Crippen LogP contribution < -0.4 is 5.73 Å². The van der Waals surface area contributed by atoms with E-state index in [0.29, 0.717) is 10.9 Å². The molecule has 0 spiro atoms. The first kappa shape index (κ1) is 29.4. The highest BCUT2D eigenvalue weighted by Gasteiger charge is 2.44. The molecule has 44 heavy (non-hydrogen) atoms. The summed E-state index contributed by atoms with van der Waals surface area (Å²) in [7, 11) is 0. The van der Waals surface area contributed by atoms with Gasteiger partial charge in [0.2, 0.25) is 5.91 Å². The lowest BCUT2D eigenvalue weighted by Gasteiger charge is -2.36. The second-order valence-corrected chi connectivity index (χ2v) is 11.3. The smallest absolute Gasteiger partial charge is 0.269 e. The first-order valence-corrected chi connectivity index (χ1v) is 14.9. The number of fused-ring (bicyclic) bond motifs is 1. The van der Waals surface area contributed by atoms with E-state index in [0.717, 1.165) is 48.8 Å². The van der Waals surface area contributed by atoms with Crippen LogP contribution >= 0.6 is 0 Å². The van der Waals surface area contributed by atoms with Crippen molar-refractivity contribution in [2.75, 3.05) is 6.54 Å². The summed E-state index contributed by atoms with van der Waals surface area (Å²) in [6.45, 7) is -0.326. The maximum atomic E-state index is 14.9. The molecule has 3 heterocycles. The first-order chi connectivity index (χ1) is 21.4. The predicted molar refractivity (Wildman–Crippen MR) is 159 cm³/mol. The number of carbonyl (C=O) groups is 3. The maximum absolute atomic E-state index is 14.9. The Labute approximate surface area is 253 Å². The minimum absolute atomic E-state index is 0.00636. The van der Waals surface area contributed by atoms with Crippen molar-refractivity contribution in [3.8, 4) is 11.1 Å². The zero-order valence-electron chi connectivity index (χ0n) is 24.2. The van der Waals surface area contributed by atoms with Gasteiger partial charge in [0.05, 0.1) is 30.5 Å². The van der Waals surface area contributed by atoms with Crippen molar-refractivity contribution in [1.82, 2.24) is 29.9 Å². The van der Waals surface area contributed by atoms with Crippen LogP contribution in [0.2, 0.25) is 0 Å². The lowest BCUT2D eigenvalue weighted by molar-refractivity contribution is -0.213. The summed E-state index contributed by atoms with van der Waals surface area (Å²) < 4.78 is 16.3. The number of nitrogens with two attached hydrogens (primary N) is 1. The molecule has 2 atom stereocenters. The fourth-order valence-corrected chi connectivity index (χ4v) is 6.17. The Morgan fingerprint density at radius 1 is 1.00 bits per heavy atom. The summed E-state index contributed by atoms with van der Waals surface area (Å²) in [4.78, 5) is 47.4. The van der Waals surface area contributed by atoms with Gasteiger partial charge in [0, 0.05) is 17.4 Å². The molecule has 0 unspecified atom stereocenters. The van der Waals surface area contributed by atoms with Crippen LogP contribution in [0.4, 0.5) is 4.39 Å². The fourth-order valence-electron chi connectivity index (χ4n) is 6.17. The number of alkyl halides is 1. The van der Waals surface area contributed by atoms with Gasteiger partial charge in [0.25, 0.3) is 11.8 Å². The molecular formula is C32H34FN7O4. The minimum atomic E-state index is -1.36. The Morgan fingerprint density at radius 3 is 2.52 bits per heavy atom. The molecule has 2 aliphatic rings. The van der Waals surface area contributed by atoms with Gasteiger partial charge < -0.3 is 10.6 Å². The van der Waals surface area contributed by atoms with Crippen LogP contribution in [0.5, 0.6) is 0 Å². The second-order valence-electron chi connectivity index (χ2n) is 11.3. The van der Waals surface area contributed by atoms with Crippen LogP contribution in [0, 0.1) is 0 Å². The Hall–Kier alpha value is -4.71.